The van der Waals surface area contributed by atoms with Gasteiger partial charge < -0.3 is 10.4 Å². The van der Waals surface area contributed by atoms with Crippen molar-refractivity contribution in [1.82, 2.24) is 14.8 Å². The Hall–Kier alpha value is -1.88. The lowest BCUT2D eigenvalue weighted by Gasteiger charge is -2.34. The highest BCUT2D eigenvalue weighted by Crippen LogP contribution is 2.38. The van der Waals surface area contributed by atoms with Crippen molar-refractivity contribution >= 4 is 5.69 Å². The van der Waals surface area contributed by atoms with E-state index < -0.39 is 0 Å². The Balaban J connectivity index is 2.37. The standard InChI is InChI=1S/C13H16N4O/c1-8-15-16-12-13(2,3)14-10-6-4-5-9(7-18)11(10)17(8)12/h4-6,14,18H,7H2,1-3H3. The fourth-order valence-electron chi connectivity index (χ4n) is 2.51. The zero-order valence-electron chi connectivity index (χ0n) is 10.7. The van der Waals surface area contributed by atoms with Crippen molar-refractivity contribution in [2.45, 2.75) is 32.9 Å². The van der Waals surface area contributed by atoms with E-state index in [0.29, 0.717) is 0 Å². The second-order valence-corrected chi connectivity index (χ2v) is 5.13. The van der Waals surface area contributed by atoms with Crippen molar-refractivity contribution in [3.8, 4) is 5.69 Å². The molecule has 0 aliphatic carbocycles. The molecular formula is C13H16N4O. The average molecular weight is 244 g/mol. The number of aryl methyl sites for hydroxylation is 1. The zero-order chi connectivity index (χ0) is 12.9. The molecule has 2 N–H and O–H groups in total. The van der Waals surface area contributed by atoms with Gasteiger partial charge in [0.15, 0.2) is 5.82 Å². The van der Waals surface area contributed by atoms with Crippen LogP contribution in [0.5, 0.6) is 0 Å². The Labute approximate surface area is 105 Å². The molecule has 1 aliphatic heterocycles. The van der Waals surface area contributed by atoms with Gasteiger partial charge in [-0.05, 0) is 26.8 Å². The first kappa shape index (κ1) is 11.2. The van der Waals surface area contributed by atoms with Gasteiger partial charge in [-0.25, -0.2) is 0 Å². The van der Waals surface area contributed by atoms with E-state index in [1.165, 1.54) is 0 Å². The molecule has 5 nitrogen and oxygen atoms in total. The van der Waals surface area contributed by atoms with Crippen molar-refractivity contribution in [3.05, 3.63) is 35.4 Å². The summed E-state index contributed by atoms with van der Waals surface area (Å²) in [7, 11) is 0. The van der Waals surface area contributed by atoms with E-state index in [-0.39, 0.29) is 12.1 Å². The molecular weight excluding hydrogens is 228 g/mol. The lowest BCUT2D eigenvalue weighted by Crippen LogP contribution is -2.36. The molecule has 2 heterocycles. The molecule has 0 saturated carbocycles. The molecule has 1 aromatic heterocycles. The van der Waals surface area contributed by atoms with E-state index in [1.807, 2.05) is 29.7 Å². The van der Waals surface area contributed by atoms with E-state index in [2.05, 4.69) is 29.4 Å². The van der Waals surface area contributed by atoms with Crippen LogP contribution in [0, 0.1) is 6.92 Å². The summed E-state index contributed by atoms with van der Waals surface area (Å²) in [5, 5.41) is 21.4. The summed E-state index contributed by atoms with van der Waals surface area (Å²) in [6, 6.07) is 5.87. The van der Waals surface area contributed by atoms with Gasteiger partial charge in [-0.15, -0.1) is 10.2 Å². The first-order valence-corrected chi connectivity index (χ1v) is 5.98. The van der Waals surface area contributed by atoms with Gasteiger partial charge in [0.1, 0.15) is 5.82 Å². The molecule has 1 aromatic carbocycles. The molecule has 0 fully saturated rings. The van der Waals surface area contributed by atoms with Crippen LogP contribution in [0.15, 0.2) is 18.2 Å². The van der Waals surface area contributed by atoms with Crippen molar-refractivity contribution in [2.75, 3.05) is 5.32 Å². The van der Waals surface area contributed by atoms with Crippen LogP contribution < -0.4 is 5.32 Å². The van der Waals surface area contributed by atoms with Crippen LogP contribution in [-0.2, 0) is 12.1 Å². The second kappa shape index (κ2) is 3.55. The van der Waals surface area contributed by atoms with E-state index in [1.54, 1.807) is 0 Å². The number of fused-ring (bicyclic) bond motifs is 3. The van der Waals surface area contributed by atoms with Crippen LogP contribution in [0.4, 0.5) is 5.69 Å². The fraction of sp³-hybridized carbons (Fsp3) is 0.385. The normalized spacial score (nSPS) is 15.8. The SMILES string of the molecule is Cc1nnc2n1-c1c(CO)cccc1NC2(C)C. The average Bonchev–Trinajstić information content (AvgIpc) is 2.71. The number of hydrogen-bond donors (Lipinski definition) is 2. The van der Waals surface area contributed by atoms with Crippen LogP contribution in [0.1, 0.15) is 31.1 Å². The molecule has 1 aliphatic rings. The maximum Gasteiger partial charge on any atom is 0.162 e. The Kier molecular flexibility index (Phi) is 2.22. The van der Waals surface area contributed by atoms with Crippen molar-refractivity contribution in [1.29, 1.82) is 0 Å². The fourth-order valence-corrected chi connectivity index (χ4v) is 2.51. The smallest absolute Gasteiger partial charge is 0.162 e. The summed E-state index contributed by atoms with van der Waals surface area (Å²) < 4.78 is 2.03. The number of benzene rings is 1. The van der Waals surface area contributed by atoms with Gasteiger partial charge in [-0.3, -0.25) is 4.57 Å². The molecule has 0 radical (unpaired) electrons. The van der Waals surface area contributed by atoms with Crippen LogP contribution >= 0.6 is 0 Å². The van der Waals surface area contributed by atoms with Gasteiger partial charge in [0.05, 0.1) is 23.5 Å². The number of nitrogens with one attached hydrogen (secondary N) is 1. The molecule has 5 heteroatoms. The summed E-state index contributed by atoms with van der Waals surface area (Å²) in [4.78, 5) is 0. The molecule has 94 valence electrons. The van der Waals surface area contributed by atoms with Gasteiger partial charge in [-0.1, -0.05) is 12.1 Å². The largest absolute Gasteiger partial charge is 0.392 e. The number of para-hydroxylation sites is 1. The quantitative estimate of drug-likeness (QED) is 0.802. The molecule has 2 aromatic rings. The highest BCUT2D eigenvalue weighted by molar-refractivity contribution is 5.69. The highest BCUT2D eigenvalue weighted by atomic mass is 16.3. The number of hydrogen-bond acceptors (Lipinski definition) is 4. The third-order valence-electron chi connectivity index (χ3n) is 3.34. The minimum absolute atomic E-state index is 0.00232. The number of rotatable bonds is 1. The summed E-state index contributed by atoms with van der Waals surface area (Å²) in [6.45, 7) is 6.07. The van der Waals surface area contributed by atoms with E-state index in [0.717, 1.165) is 28.6 Å². The molecule has 0 bridgehead atoms. The predicted molar refractivity (Wildman–Crippen MR) is 68.7 cm³/mol. The van der Waals surface area contributed by atoms with Gasteiger partial charge in [-0.2, -0.15) is 0 Å². The van der Waals surface area contributed by atoms with Crippen molar-refractivity contribution < 1.29 is 5.11 Å². The molecule has 0 spiro atoms. The summed E-state index contributed by atoms with van der Waals surface area (Å²) in [5.41, 5.74) is 2.56. The summed E-state index contributed by atoms with van der Waals surface area (Å²) in [5.74, 6) is 1.70. The number of aliphatic hydroxyl groups is 1. The van der Waals surface area contributed by atoms with E-state index >= 15 is 0 Å². The second-order valence-electron chi connectivity index (χ2n) is 5.13. The Morgan fingerprint density at radius 3 is 2.83 bits per heavy atom. The van der Waals surface area contributed by atoms with E-state index in [4.69, 9.17) is 0 Å². The molecule has 0 amide bonds. The van der Waals surface area contributed by atoms with Gasteiger partial charge in [0, 0.05) is 5.56 Å². The highest BCUT2D eigenvalue weighted by Gasteiger charge is 2.34. The third kappa shape index (κ3) is 1.37. The number of aliphatic hydroxyl groups excluding tert-OH is 1. The maximum atomic E-state index is 9.50. The van der Waals surface area contributed by atoms with Crippen molar-refractivity contribution in [2.24, 2.45) is 0 Å². The predicted octanol–water partition coefficient (Wildman–Crippen LogP) is 1.73. The first-order chi connectivity index (χ1) is 8.54. The minimum Gasteiger partial charge on any atom is -0.392 e. The zero-order valence-corrected chi connectivity index (χ0v) is 10.7. The van der Waals surface area contributed by atoms with Crippen LogP contribution in [-0.4, -0.2) is 19.9 Å². The summed E-state index contributed by atoms with van der Waals surface area (Å²) >= 11 is 0. The van der Waals surface area contributed by atoms with Gasteiger partial charge >= 0.3 is 0 Å². The molecule has 18 heavy (non-hydrogen) atoms. The molecule has 3 rings (SSSR count). The Morgan fingerprint density at radius 1 is 1.33 bits per heavy atom. The Morgan fingerprint density at radius 2 is 2.11 bits per heavy atom. The Bertz CT molecular complexity index is 615. The van der Waals surface area contributed by atoms with Crippen LogP contribution in [0.25, 0.3) is 5.69 Å². The molecule has 0 atom stereocenters. The monoisotopic (exact) mass is 244 g/mol. The minimum atomic E-state index is -0.275. The summed E-state index contributed by atoms with van der Waals surface area (Å²) in [6.07, 6.45) is 0. The maximum absolute atomic E-state index is 9.50. The van der Waals surface area contributed by atoms with Crippen LogP contribution in [0.3, 0.4) is 0 Å². The van der Waals surface area contributed by atoms with Gasteiger partial charge in [0.2, 0.25) is 0 Å². The number of aromatic nitrogens is 3. The lowest BCUT2D eigenvalue weighted by molar-refractivity contribution is 0.281. The molecule has 0 unspecified atom stereocenters. The molecule has 0 saturated heterocycles. The topological polar surface area (TPSA) is 63.0 Å². The number of anilines is 1. The first-order valence-electron chi connectivity index (χ1n) is 5.98. The lowest BCUT2D eigenvalue weighted by atomic mass is 9.98. The number of nitrogens with zero attached hydrogens (tertiary/aromatic N) is 3. The van der Waals surface area contributed by atoms with Crippen LogP contribution in [0.2, 0.25) is 0 Å². The third-order valence-corrected chi connectivity index (χ3v) is 3.34. The van der Waals surface area contributed by atoms with Gasteiger partial charge in [0.25, 0.3) is 0 Å². The van der Waals surface area contributed by atoms with Crippen molar-refractivity contribution in [3.63, 3.8) is 0 Å². The van der Waals surface area contributed by atoms with E-state index in [9.17, 15) is 5.11 Å².